The van der Waals surface area contributed by atoms with Gasteiger partial charge in [-0.1, -0.05) is 0 Å². The molecule has 2 aromatic rings. The second kappa shape index (κ2) is 10.6. The maximum absolute atomic E-state index is 10.1. The van der Waals surface area contributed by atoms with Gasteiger partial charge in [-0.25, -0.2) is 9.67 Å². The molecular formula is C17H27IN6O3. The second-order valence-corrected chi connectivity index (χ2v) is 6.19. The van der Waals surface area contributed by atoms with E-state index in [2.05, 4.69) is 25.7 Å². The predicted octanol–water partition coefficient (Wildman–Crippen LogP) is 1.24. The van der Waals surface area contributed by atoms with Crippen LogP contribution in [0.15, 0.2) is 27.8 Å². The summed E-state index contributed by atoms with van der Waals surface area (Å²) >= 11 is 0. The third-order valence-corrected chi connectivity index (χ3v) is 4.15. The van der Waals surface area contributed by atoms with Crippen LogP contribution in [0.1, 0.15) is 36.9 Å². The Hall–Kier alpha value is -1.66. The highest BCUT2D eigenvalue weighted by Crippen LogP contribution is 2.15. The lowest BCUT2D eigenvalue weighted by molar-refractivity contribution is 0.158. The molecule has 1 aliphatic rings. The molecule has 150 valence electrons. The molecule has 9 nitrogen and oxygen atoms in total. The lowest BCUT2D eigenvalue weighted by Gasteiger charge is -2.25. The number of methoxy groups -OCH3 is 1. The minimum atomic E-state index is -0.759. The zero-order valence-electron chi connectivity index (χ0n) is 15.6. The summed E-state index contributed by atoms with van der Waals surface area (Å²) in [5, 5.41) is 21.2. The predicted molar refractivity (Wildman–Crippen MR) is 111 cm³/mol. The number of aliphatic hydroxyl groups is 1. The Kier molecular flexibility index (Phi) is 8.51. The average molecular weight is 490 g/mol. The molecule has 2 unspecified atom stereocenters. The molecule has 0 spiro atoms. The SMILES string of the molecule is CCNC(=NCC(O)c1ccco1)NC1CCc2nc(COC)nn2C1.I. The number of aryl methyl sites for hydroxylation is 1. The van der Waals surface area contributed by atoms with E-state index in [1.807, 2.05) is 11.6 Å². The van der Waals surface area contributed by atoms with Crippen LogP contribution in [-0.2, 0) is 24.3 Å². The van der Waals surface area contributed by atoms with Crippen molar-refractivity contribution in [1.82, 2.24) is 25.4 Å². The summed E-state index contributed by atoms with van der Waals surface area (Å²) in [6, 6.07) is 3.69. The molecule has 0 aliphatic carbocycles. The molecule has 1 aliphatic heterocycles. The number of ether oxygens (including phenoxy) is 1. The van der Waals surface area contributed by atoms with E-state index in [0.29, 0.717) is 24.2 Å². The van der Waals surface area contributed by atoms with E-state index in [4.69, 9.17) is 9.15 Å². The van der Waals surface area contributed by atoms with Crippen LogP contribution >= 0.6 is 24.0 Å². The number of hydrogen-bond donors (Lipinski definition) is 3. The molecule has 2 atom stereocenters. The van der Waals surface area contributed by atoms with Crippen molar-refractivity contribution in [3.8, 4) is 0 Å². The molecule has 10 heteroatoms. The Morgan fingerprint density at radius 2 is 2.41 bits per heavy atom. The van der Waals surface area contributed by atoms with Crippen molar-refractivity contribution in [2.45, 2.75) is 45.1 Å². The van der Waals surface area contributed by atoms with Gasteiger partial charge in [0.1, 0.15) is 24.3 Å². The highest BCUT2D eigenvalue weighted by atomic mass is 127. The summed E-state index contributed by atoms with van der Waals surface area (Å²) in [4.78, 5) is 8.96. The van der Waals surface area contributed by atoms with Gasteiger partial charge < -0.3 is 24.9 Å². The lowest BCUT2D eigenvalue weighted by Crippen LogP contribution is -2.47. The first-order valence-electron chi connectivity index (χ1n) is 8.87. The van der Waals surface area contributed by atoms with Gasteiger partial charge in [0.2, 0.25) is 0 Å². The van der Waals surface area contributed by atoms with Crippen LogP contribution in [0.2, 0.25) is 0 Å². The minimum absolute atomic E-state index is 0. The lowest BCUT2D eigenvalue weighted by atomic mass is 10.1. The molecule has 0 saturated heterocycles. The van der Waals surface area contributed by atoms with Crippen LogP contribution in [-0.4, -0.2) is 52.1 Å². The monoisotopic (exact) mass is 490 g/mol. The third-order valence-electron chi connectivity index (χ3n) is 4.15. The first-order chi connectivity index (χ1) is 12.7. The van der Waals surface area contributed by atoms with Gasteiger partial charge in [-0.3, -0.25) is 4.99 Å². The number of guanidine groups is 1. The Balaban J connectivity index is 0.00000261. The molecule has 0 fully saturated rings. The minimum Gasteiger partial charge on any atom is -0.467 e. The second-order valence-electron chi connectivity index (χ2n) is 6.19. The van der Waals surface area contributed by atoms with Crippen molar-refractivity contribution in [3.63, 3.8) is 0 Å². The Morgan fingerprint density at radius 1 is 1.56 bits per heavy atom. The van der Waals surface area contributed by atoms with Crippen molar-refractivity contribution >= 4 is 29.9 Å². The number of hydrogen-bond acceptors (Lipinski definition) is 6. The molecule has 3 rings (SSSR count). The molecule has 0 amide bonds. The zero-order chi connectivity index (χ0) is 18.4. The van der Waals surface area contributed by atoms with E-state index in [1.165, 1.54) is 0 Å². The molecule has 3 heterocycles. The van der Waals surface area contributed by atoms with Gasteiger partial charge in [-0.15, -0.1) is 24.0 Å². The number of nitrogens with zero attached hydrogens (tertiary/aromatic N) is 4. The van der Waals surface area contributed by atoms with Crippen LogP contribution in [0.25, 0.3) is 0 Å². The Bertz CT molecular complexity index is 718. The number of nitrogens with one attached hydrogen (secondary N) is 2. The molecule has 0 bridgehead atoms. The maximum Gasteiger partial charge on any atom is 0.191 e. The van der Waals surface area contributed by atoms with E-state index < -0.39 is 6.10 Å². The number of rotatable bonds is 7. The van der Waals surface area contributed by atoms with Crippen LogP contribution in [0, 0.1) is 0 Å². The van der Waals surface area contributed by atoms with Crippen molar-refractivity contribution in [1.29, 1.82) is 0 Å². The van der Waals surface area contributed by atoms with E-state index in [9.17, 15) is 5.11 Å². The first-order valence-corrected chi connectivity index (χ1v) is 8.87. The number of aliphatic hydroxyl groups excluding tert-OH is 1. The molecule has 27 heavy (non-hydrogen) atoms. The molecule has 0 aromatic carbocycles. The molecule has 2 aromatic heterocycles. The van der Waals surface area contributed by atoms with Gasteiger partial charge >= 0.3 is 0 Å². The van der Waals surface area contributed by atoms with Gasteiger partial charge in [0.15, 0.2) is 11.8 Å². The molecule has 0 radical (unpaired) electrons. The fraction of sp³-hybridized carbons (Fsp3) is 0.588. The highest BCUT2D eigenvalue weighted by molar-refractivity contribution is 14.0. The largest absolute Gasteiger partial charge is 0.467 e. The van der Waals surface area contributed by atoms with Crippen molar-refractivity contribution in [3.05, 3.63) is 35.8 Å². The summed E-state index contributed by atoms with van der Waals surface area (Å²) in [6.45, 7) is 4.11. The highest BCUT2D eigenvalue weighted by Gasteiger charge is 2.22. The van der Waals surface area contributed by atoms with Gasteiger partial charge in [0.05, 0.1) is 19.4 Å². The van der Waals surface area contributed by atoms with Crippen molar-refractivity contribution in [2.75, 3.05) is 20.2 Å². The summed E-state index contributed by atoms with van der Waals surface area (Å²) in [7, 11) is 1.64. The normalized spacial score (nSPS) is 17.7. The van der Waals surface area contributed by atoms with Gasteiger partial charge in [-0.05, 0) is 25.5 Å². The fourth-order valence-corrected chi connectivity index (χ4v) is 2.93. The van der Waals surface area contributed by atoms with Crippen LogP contribution < -0.4 is 10.6 Å². The number of fused-ring (bicyclic) bond motifs is 1. The smallest absolute Gasteiger partial charge is 0.191 e. The van der Waals surface area contributed by atoms with Crippen molar-refractivity contribution in [2.24, 2.45) is 4.99 Å². The van der Waals surface area contributed by atoms with Gasteiger partial charge in [0.25, 0.3) is 0 Å². The average Bonchev–Trinajstić information content (AvgIpc) is 3.29. The third kappa shape index (κ3) is 5.91. The van der Waals surface area contributed by atoms with E-state index in [-0.39, 0.29) is 36.6 Å². The topological polar surface area (TPSA) is 110 Å². The van der Waals surface area contributed by atoms with E-state index >= 15 is 0 Å². The van der Waals surface area contributed by atoms with Gasteiger partial charge in [0, 0.05) is 26.1 Å². The molecular weight excluding hydrogens is 463 g/mol. The van der Waals surface area contributed by atoms with E-state index in [1.54, 1.807) is 25.5 Å². The summed E-state index contributed by atoms with van der Waals surface area (Å²) in [6.07, 6.45) is 2.57. The number of aromatic nitrogens is 3. The first kappa shape index (κ1) is 21.6. The Labute approximate surface area is 175 Å². The zero-order valence-corrected chi connectivity index (χ0v) is 17.9. The van der Waals surface area contributed by atoms with Crippen LogP contribution in [0.5, 0.6) is 0 Å². The number of aliphatic imine (C=N–C) groups is 1. The van der Waals surface area contributed by atoms with E-state index in [0.717, 1.165) is 31.8 Å². The van der Waals surface area contributed by atoms with Crippen LogP contribution in [0.3, 0.4) is 0 Å². The Morgan fingerprint density at radius 3 is 3.11 bits per heavy atom. The maximum atomic E-state index is 10.1. The number of halogens is 1. The standard InChI is InChI=1S/C17H26N6O3.HI/c1-3-18-17(19-9-13(24)14-5-4-8-26-14)20-12-6-7-16-21-15(11-25-2)22-23(16)10-12;/h4-5,8,12-13,24H,3,6-7,9-11H2,1-2H3,(H2,18,19,20);1H. The van der Waals surface area contributed by atoms with Crippen LogP contribution in [0.4, 0.5) is 0 Å². The summed E-state index contributed by atoms with van der Waals surface area (Å²) in [5.41, 5.74) is 0. The number of furan rings is 1. The molecule has 3 N–H and O–H groups in total. The summed E-state index contributed by atoms with van der Waals surface area (Å²) < 4.78 is 12.2. The quantitative estimate of drug-likeness (QED) is 0.305. The van der Waals surface area contributed by atoms with Gasteiger partial charge in [-0.2, -0.15) is 5.10 Å². The fourth-order valence-electron chi connectivity index (χ4n) is 2.93. The van der Waals surface area contributed by atoms with Crippen molar-refractivity contribution < 1.29 is 14.3 Å². The molecule has 0 saturated carbocycles. The summed E-state index contributed by atoms with van der Waals surface area (Å²) in [5.74, 6) is 2.89.